The molecule has 0 amide bonds. The molecule has 4 aliphatic rings. The summed E-state index contributed by atoms with van der Waals surface area (Å²) in [7, 11) is -1.96. The van der Waals surface area contributed by atoms with Gasteiger partial charge in [0, 0.05) is 18.5 Å². The Bertz CT molecular complexity index is 849. The van der Waals surface area contributed by atoms with Crippen LogP contribution in [-0.2, 0) is 20.4 Å². The highest BCUT2D eigenvalue weighted by molar-refractivity contribution is 6.74. The largest absolute Gasteiger partial charge is 0.454 e. The number of hydrogen-bond acceptors (Lipinski definition) is 6. The average molecular weight is 434 g/mol. The van der Waals surface area contributed by atoms with Gasteiger partial charge in [0.2, 0.25) is 6.79 Å². The Labute approximate surface area is 180 Å². The Morgan fingerprint density at radius 1 is 1.07 bits per heavy atom. The van der Waals surface area contributed by atoms with Gasteiger partial charge in [0.15, 0.2) is 25.6 Å². The van der Waals surface area contributed by atoms with Crippen LogP contribution in [0.2, 0.25) is 18.1 Å². The van der Waals surface area contributed by atoms with E-state index in [-0.39, 0.29) is 35.3 Å². The Morgan fingerprint density at radius 2 is 1.73 bits per heavy atom. The van der Waals surface area contributed by atoms with Gasteiger partial charge in [-0.05, 0) is 61.7 Å². The van der Waals surface area contributed by atoms with Crippen LogP contribution in [0.1, 0.15) is 58.1 Å². The zero-order valence-corrected chi connectivity index (χ0v) is 20.2. The molecule has 6 nitrogen and oxygen atoms in total. The maximum absolute atomic E-state index is 6.96. The Morgan fingerprint density at radius 3 is 2.43 bits per heavy atom. The summed E-state index contributed by atoms with van der Waals surface area (Å²) in [4.78, 5) is 0. The second-order valence-electron chi connectivity index (χ2n) is 11.1. The van der Waals surface area contributed by atoms with E-state index in [0.717, 1.165) is 24.5 Å². The Balaban J connectivity index is 1.51. The first-order valence-corrected chi connectivity index (χ1v) is 14.1. The summed E-state index contributed by atoms with van der Waals surface area (Å²) in [5, 5.41) is 3.89. The fourth-order valence-electron chi connectivity index (χ4n) is 5.12. The molecule has 1 N–H and O–H groups in total. The van der Waals surface area contributed by atoms with Crippen molar-refractivity contribution in [2.24, 2.45) is 0 Å². The van der Waals surface area contributed by atoms with E-state index < -0.39 is 14.1 Å². The van der Waals surface area contributed by atoms with Crippen LogP contribution >= 0.6 is 0 Å². The SMILES string of the molecule is CC1(C)O[C@H]2[C@@H]3NCc4cc5c(cc4[C@H]3C[C@H](O[Si](C)(C)C(C)(C)C)[C@H]2O1)OCO5. The van der Waals surface area contributed by atoms with E-state index in [0.29, 0.717) is 6.79 Å². The minimum absolute atomic E-state index is 0.0112. The molecular formula is C23H35NO5Si. The predicted octanol–water partition coefficient (Wildman–Crippen LogP) is 4.28. The van der Waals surface area contributed by atoms with Gasteiger partial charge in [0.1, 0.15) is 12.2 Å². The summed E-state index contributed by atoms with van der Waals surface area (Å²) in [6, 6.07) is 4.51. The van der Waals surface area contributed by atoms with Gasteiger partial charge < -0.3 is 28.7 Å². The highest BCUT2D eigenvalue weighted by Crippen LogP contribution is 2.50. The van der Waals surface area contributed by atoms with Gasteiger partial charge in [-0.1, -0.05) is 20.8 Å². The lowest BCUT2D eigenvalue weighted by atomic mass is 9.72. The molecule has 3 heterocycles. The third-order valence-corrected chi connectivity index (χ3v) is 12.1. The molecule has 1 aromatic rings. The molecule has 5 atom stereocenters. The van der Waals surface area contributed by atoms with Gasteiger partial charge in [-0.25, -0.2) is 0 Å². The molecular weight excluding hydrogens is 398 g/mol. The summed E-state index contributed by atoms with van der Waals surface area (Å²) in [5.41, 5.74) is 2.61. The van der Waals surface area contributed by atoms with Crippen molar-refractivity contribution in [3.05, 3.63) is 23.3 Å². The lowest BCUT2D eigenvalue weighted by Gasteiger charge is -2.49. The average Bonchev–Trinajstić information content (AvgIpc) is 3.21. The van der Waals surface area contributed by atoms with Gasteiger partial charge in [0.25, 0.3) is 0 Å². The second-order valence-corrected chi connectivity index (χ2v) is 15.9. The van der Waals surface area contributed by atoms with Crippen molar-refractivity contribution in [3.8, 4) is 11.5 Å². The van der Waals surface area contributed by atoms with Gasteiger partial charge >= 0.3 is 0 Å². The number of nitrogens with one attached hydrogen (secondary N) is 1. The molecule has 166 valence electrons. The van der Waals surface area contributed by atoms with Crippen molar-refractivity contribution in [2.75, 3.05) is 6.79 Å². The molecule has 3 aliphatic heterocycles. The van der Waals surface area contributed by atoms with Gasteiger partial charge in [-0.15, -0.1) is 0 Å². The van der Waals surface area contributed by atoms with Crippen molar-refractivity contribution < 1.29 is 23.4 Å². The maximum atomic E-state index is 6.96. The summed E-state index contributed by atoms with van der Waals surface area (Å²) < 4.78 is 31.1. The molecule has 1 saturated heterocycles. The molecule has 5 rings (SSSR count). The number of rotatable bonds is 2. The summed E-state index contributed by atoms with van der Waals surface area (Å²) in [6.45, 7) is 16.6. The van der Waals surface area contributed by atoms with Crippen molar-refractivity contribution in [1.29, 1.82) is 0 Å². The van der Waals surface area contributed by atoms with Crippen molar-refractivity contribution in [3.63, 3.8) is 0 Å². The van der Waals surface area contributed by atoms with Crippen LogP contribution in [0.5, 0.6) is 11.5 Å². The molecule has 0 aromatic heterocycles. The van der Waals surface area contributed by atoms with Crippen molar-refractivity contribution >= 4 is 8.32 Å². The van der Waals surface area contributed by atoms with Gasteiger partial charge in [-0.3, -0.25) is 0 Å². The first-order valence-electron chi connectivity index (χ1n) is 11.1. The van der Waals surface area contributed by atoms with Crippen LogP contribution < -0.4 is 14.8 Å². The monoisotopic (exact) mass is 433 g/mol. The first kappa shape index (κ1) is 20.8. The summed E-state index contributed by atoms with van der Waals surface area (Å²) in [5.74, 6) is 1.38. The van der Waals surface area contributed by atoms with E-state index >= 15 is 0 Å². The molecule has 30 heavy (non-hydrogen) atoms. The fourth-order valence-corrected chi connectivity index (χ4v) is 6.46. The van der Waals surface area contributed by atoms with E-state index in [1.54, 1.807) is 0 Å². The standard InChI is InChI=1S/C23H35NO5Si/c1-22(2,3)30(6,7)29-18-10-15-14-9-17-16(25-12-26-17)8-13(14)11-24-19(15)21-20(18)27-23(4,5)28-21/h8-9,15,18-21,24H,10-12H2,1-7H3/t15-,18+,19-,20-,21+/m1/s1. The highest BCUT2D eigenvalue weighted by atomic mass is 28.4. The van der Waals surface area contributed by atoms with E-state index in [1.165, 1.54) is 11.1 Å². The third-order valence-electron chi connectivity index (χ3n) is 7.62. The number of benzene rings is 1. The second kappa shape index (κ2) is 6.69. The topological polar surface area (TPSA) is 58.2 Å². The maximum Gasteiger partial charge on any atom is 0.231 e. The lowest BCUT2D eigenvalue weighted by molar-refractivity contribution is -0.153. The Kier molecular flexibility index (Phi) is 4.63. The van der Waals surface area contributed by atoms with E-state index in [1.807, 2.05) is 13.8 Å². The molecule has 2 fully saturated rings. The number of ether oxygens (including phenoxy) is 4. The van der Waals surface area contributed by atoms with Crippen LogP contribution in [0.4, 0.5) is 0 Å². The molecule has 0 radical (unpaired) electrons. The van der Waals surface area contributed by atoms with E-state index in [4.69, 9.17) is 23.4 Å². The van der Waals surface area contributed by atoms with E-state index in [9.17, 15) is 0 Å². The van der Waals surface area contributed by atoms with E-state index in [2.05, 4.69) is 51.3 Å². The molecule has 0 spiro atoms. The zero-order chi connectivity index (χ0) is 21.5. The molecule has 1 saturated carbocycles. The smallest absolute Gasteiger partial charge is 0.231 e. The van der Waals surface area contributed by atoms with Crippen LogP contribution in [0.3, 0.4) is 0 Å². The minimum atomic E-state index is -1.96. The highest BCUT2D eigenvalue weighted by Gasteiger charge is 2.57. The normalized spacial score (nSPS) is 34.3. The van der Waals surface area contributed by atoms with Crippen molar-refractivity contribution in [2.45, 2.75) is 102 Å². The van der Waals surface area contributed by atoms with Gasteiger partial charge in [0.05, 0.1) is 6.10 Å². The fraction of sp³-hybridized carbons (Fsp3) is 0.739. The van der Waals surface area contributed by atoms with Crippen LogP contribution in [0, 0.1) is 0 Å². The summed E-state index contributed by atoms with van der Waals surface area (Å²) >= 11 is 0. The third kappa shape index (κ3) is 3.30. The number of fused-ring (bicyclic) bond motifs is 6. The molecule has 1 aliphatic carbocycles. The minimum Gasteiger partial charge on any atom is -0.454 e. The predicted molar refractivity (Wildman–Crippen MR) is 116 cm³/mol. The number of hydrogen-bond donors (Lipinski definition) is 1. The molecule has 1 aromatic carbocycles. The molecule has 0 bridgehead atoms. The van der Waals surface area contributed by atoms with Crippen LogP contribution in [-0.4, -0.2) is 45.3 Å². The van der Waals surface area contributed by atoms with Crippen LogP contribution in [0.15, 0.2) is 12.1 Å². The molecule has 7 heteroatoms. The lowest BCUT2D eigenvalue weighted by Crippen LogP contribution is -2.61. The molecule has 0 unspecified atom stereocenters. The van der Waals surface area contributed by atoms with Crippen molar-refractivity contribution in [1.82, 2.24) is 5.32 Å². The van der Waals surface area contributed by atoms with Crippen LogP contribution in [0.25, 0.3) is 0 Å². The Hall–Kier alpha value is -1.12. The first-order chi connectivity index (χ1) is 14.0. The summed E-state index contributed by atoms with van der Waals surface area (Å²) in [6.07, 6.45) is 0.833. The van der Waals surface area contributed by atoms with Gasteiger partial charge in [-0.2, -0.15) is 0 Å². The zero-order valence-electron chi connectivity index (χ0n) is 19.2. The quantitative estimate of drug-likeness (QED) is 0.703.